The largest absolute Gasteiger partial charge is 0.480 e. The van der Waals surface area contributed by atoms with Gasteiger partial charge in [0.1, 0.15) is 13.1 Å². The second-order valence-electron chi connectivity index (χ2n) is 11.3. The van der Waals surface area contributed by atoms with E-state index in [1.807, 2.05) is 62.4 Å². The number of nitrogens with zero attached hydrogens (tertiary/aromatic N) is 2. The number of aryl methyl sites for hydroxylation is 2. The lowest BCUT2D eigenvalue weighted by Crippen LogP contribution is -2.38. The van der Waals surface area contributed by atoms with Gasteiger partial charge in [-0.15, -0.1) is 0 Å². The number of carbonyl (C=O) groups is 2. The minimum Gasteiger partial charge on any atom is -0.480 e. The average Bonchev–Trinajstić information content (AvgIpc) is 3.05. The number of carboxylic acids is 1. The zero-order valence-electron chi connectivity index (χ0n) is 28.0. The Labute approximate surface area is 326 Å². The number of halogens is 2. The van der Waals surface area contributed by atoms with Gasteiger partial charge in [0, 0.05) is 22.0 Å². The molecule has 4 aromatic rings. The minimum absolute atomic E-state index is 0. The lowest BCUT2D eigenvalue weighted by molar-refractivity contribution is -0.143. The zero-order valence-corrected chi connectivity index (χ0v) is 32.8. The van der Waals surface area contributed by atoms with Crippen LogP contribution in [-0.4, -0.2) is 75.3 Å². The highest BCUT2D eigenvalue weighted by Gasteiger charge is 2.28. The smallest absolute Gasteiger partial charge is 0.321 e. The number of carbonyl (C=O) groups excluding carboxylic acids is 1. The summed E-state index contributed by atoms with van der Waals surface area (Å²) in [7, 11) is -7.64. The summed E-state index contributed by atoms with van der Waals surface area (Å²) < 4.78 is 60.3. The number of ether oxygens (including phenoxy) is 1. The van der Waals surface area contributed by atoms with Crippen LogP contribution < -0.4 is 0 Å². The molecule has 0 heterocycles. The summed E-state index contributed by atoms with van der Waals surface area (Å²) in [5.74, 6) is -1.74. The van der Waals surface area contributed by atoms with Crippen LogP contribution >= 0.6 is 31.9 Å². The second kappa shape index (κ2) is 22.0. The first-order valence-corrected chi connectivity index (χ1v) is 20.1. The van der Waals surface area contributed by atoms with Crippen molar-refractivity contribution in [3.63, 3.8) is 0 Å². The third kappa shape index (κ3) is 14.6. The van der Waals surface area contributed by atoms with Crippen LogP contribution in [0.2, 0.25) is 0 Å². The molecule has 0 aliphatic rings. The Bertz CT molecular complexity index is 1960. The van der Waals surface area contributed by atoms with E-state index < -0.39 is 38.5 Å². The summed E-state index contributed by atoms with van der Waals surface area (Å²) in [5.41, 5.74) is 3.81. The van der Waals surface area contributed by atoms with Crippen molar-refractivity contribution in [3.05, 3.63) is 128 Å². The highest BCUT2D eigenvalue weighted by molar-refractivity contribution is 9.10. The molecule has 0 aromatic heterocycles. The number of sulfonamides is 2. The molecule has 0 saturated heterocycles. The fourth-order valence-corrected chi connectivity index (χ4v) is 8.35. The first kappa shape index (κ1) is 46.6. The van der Waals surface area contributed by atoms with Gasteiger partial charge in [0.25, 0.3) is 0 Å². The predicted molar refractivity (Wildman–Crippen MR) is 213 cm³/mol. The fraction of sp³-hybridized carbons (Fsp3) is 0.316. The van der Waals surface area contributed by atoms with E-state index in [0.717, 1.165) is 35.5 Å². The van der Waals surface area contributed by atoms with Crippen LogP contribution in [0, 0.1) is 13.8 Å². The molecule has 0 amide bonds. The van der Waals surface area contributed by atoms with Crippen molar-refractivity contribution in [2.24, 2.45) is 0 Å². The van der Waals surface area contributed by atoms with Crippen molar-refractivity contribution in [1.82, 2.24) is 8.61 Å². The lowest BCUT2D eigenvalue weighted by Gasteiger charge is -2.21. The van der Waals surface area contributed by atoms with Crippen LogP contribution in [-0.2, 0) is 47.2 Å². The number of hydrogen-bond donors (Lipinski definition) is 1. The molecule has 52 heavy (non-hydrogen) atoms. The van der Waals surface area contributed by atoms with E-state index >= 15 is 0 Å². The third-order valence-electron chi connectivity index (χ3n) is 7.32. The Kier molecular flexibility index (Phi) is 19.7. The Morgan fingerprint density at radius 3 is 1.38 bits per heavy atom. The maximum absolute atomic E-state index is 13.0. The first-order chi connectivity index (χ1) is 23.6. The van der Waals surface area contributed by atoms with Gasteiger partial charge in [-0.25, -0.2) is 16.8 Å². The van der Waals surface area contributed by atoms with Crippen LogP contribution in [0.4, 0.5) is 0 Å². The van der Waals surface area contributed by atoms with Gasteiger partial charge in [-0.1, -0.05) is 106 Å². The van der Waals surface area contributed by atoms with E-state index in [1.54, 1.807) is 43.3 Å². The van der Waals surface area contributed by atoms with Gasteiger partial charge < -0.3 is 9.84 Å². The number of carboxylic acid groups (broad SMARTS) is 1. The van der Waals surface area contributed by atoms with Crippen LogP contribution in [0.25, 0.3) is 0 Å². The molecule has 284 valence electrons. The van der Waals surface area contributed by atoms with Gasteiger partial charge in [-0.3, -0.25) is 9.59 Å². The molecule has 0 saturated carbocycles. The topological polar surface area (TPSA) is 138 Å². The van der Waals surface area contributed by atoms with E-state index in [-0.39, 0.29) is 50.9 Å². The molecule has 0 aliphatic carbocycles. The van der Waals surface area contributed by atoms with Crippen LogP contribution in [0.5, 0.6) is 0 Å². The van der Waals surface area contributed by atoms with Gasteiger partial charge in [0.2, 0.25) is 20.0 Å². The van der Waals surface area contributed by atoms with Crippen LogP contribution in [0.1, 0.15) is 44.0 Å². The van der Waals surface area contributed by atoms with E-state index in [9.17, 15) is 26.4 Å². The average molecular weight is 885 g/mol. The van der Waals surface area contributed by atoms with Crippen LogP contribution in [0.15, 0.2) is 116 Å². The zero-order chi connectivity index (χ0) is 36.9. The van der Waals surface area contributed by atoms with Crippen molar-refractivity contribution in [1.29, 1.82) is 0 Å². The maximum atomic E-state index is 13.0. The molecule has 4 rings (SSSR count). The summed E-state index contributed by atoms with van der Waals surface area (Å²) in [6.07, 6.45) is 0.918. The standard InChI is InChI=1S/C19H22BrNO4S.C17H18BrNO4S.2CH4/c1-3-25-19(22)14-21(12-11-16-5-4-6-17(20)13-16)26(23,24)18-9-7-15(2)8-10-18;1-13-5-7-16(8-6-13)24(22,23)19(12-17(20)21)10-9-14-3-2-4-15(18)11-14;;/h4-10,13H,3,11-12,14H2,1-2H3;2-8,11H,9-10,12H2,1H3,(H,20,21);2*1H4. The Morgan fingerprint density at radius 2 is 1.04 bits per heavy atom. The molecular weight excluding hydrogens is 836 g/mol. The van der Waals surface area contributed by atoms with Gasteiger partial charge in [-0.05, 0) is 93.3 Å². The lowest BCUT2D eigenvalue weighted by atomic mass is 10.1. The van der Waals surface area contributed by atoms with E-state index in [0.29, 0.717) is 12.8 Å². The number of rotatable bonds is 15. The van der Waals surface area contributed by atoms with Crippen molar-refractivity contribution in [2.45, 2.75) is 58.3 Å². The summed E-state index contributed by atoms with van der Waals surface area (Å²) in [6.45, 7) is 5.06. The summed E-state index contributed by atoms with van der Waals surface area (Å²) in [5, 5.41) is 9.07. The molecular formula is C38H48Br2N2O8S2. The third-order valence-corrected chi connectivity index (χ3v) is 12.0. The summed E-state index contributed by atoms with van der Waals surface area (Å²) in [4.78, 5) is 23.3. The monoisotopic (exact) mass is 882 g/mol. The minimum atomic E-state index is -3.85. The van der Waals surface area contributed by atoms with Crippen molar-refractivity contribution in [2.75, 3.05) is 32.8 Å². The van der Waals surface area contributed by atoms with Gasteiger partial charge in [0.05, 0.1) is 16.4 Å². The van der Waals surface area contributed by atoms with E-state index in [4.69, 9.17) is 9.84 Å². The quantitative estimate of drug-likeness (QED) is 0.119. The maximum Gasteiger partial charge on any atom is 0.321 e. The molecule has 0 unspecified atom stereocenters. The molecule has 0 spiro atoms. The SMILES string of the molecule is C.C.CCOC(=O)CN(CCc1cccc(Br)c1)S(=O)(=O)c1ccc(C)cc1.Cc1ccc(S(=O)(=O)N(CCc2cccc(Br)c2)CC(=O)O)cc1. The molecule has 0 bridgehead atoms. The highest BCUT2D eigenvalue weighted by atomic mass is 79.9. The molecule has 14 heteroatoms. The summed E-state index contributed by atoms with van der Waals surface area (Å²) in [6, 6.07) is 28.1. The molecule has 0 atom stereocenters. The molecule has 0 radical (unpaired) electrons. The fourth-order valence-electron chi connectivity index (χ4n) is 4.68. The molecule has 10 nitrogen and oxygen atoms in total. The molecule has 0 fully saturated rings. The number of aliphatic carboxylic acids is 1. The molecule has 0 aliphatic heterocycles. The number of esters is 1. The van der Waals surface area contributed by atoms with Crippen molar-refractivity contribution < 1.29 is 36.3 Å². The summed E-state index contributed by atoms with van der Waals surface area (Å²) >= 11 is 6.77. The molecule has 4 aromatic carbocycles. The predicted octanol–water partition coefficient (Wildman–Crippen LogP) is 7.90. The first-order valence-electron chi connectivity index (χ1n) is 15.6. The second-order valence-corrected chi connectivity index (χ2v) is 17.0. The normalized spacial score (nSPS) is 11.1. The number of benzene rings is 4. The molecule has 1 N–H and O–H groups in total. The van der Waals surface area contributed by atoms with Gasteiger partial charge in [0.15, 0.2) is 0 Å². The Balaban J connectivity index is 0.000000502. The van der Waals surface area contributed by atoms with Gasteiger partial charge >= 0.3 is 11.9 Å². The Hall–Kier alpha value is -3.40. The van der Waals surface area contributed by atoms with Crippen LogP contribution in [0.3, 0.4) is 0 Å². The van der Waals surface area contributed by atoms with Crippen molar-refractivity contribution >= 4 is 63.8 Å². The highest BCUT2D eigenvalue weighted by Crippen LogP contribution is 2.20. The van der Waals surface area contributed by atoms with E-state index in [1.165, 1.54) is 16.4 Å². The van der Waals surface area contributed by atoms with Crippen molar-refractivity contribution in [3.8, 4) is 0 Å². The van der Waals surface area contributed by atoms with E-state index in [2.05, 4.69) is 31.9 Å². The number of hydrogen-bond acceptors (Lipinski definition) is 7. The Morgan fingerprint density at radius 1 is 0.654 bits per heavy atom. The van der Waals surface area contributed by atoms with Gasteiger partial charge in [-0.2, -0.15) is 8.61 Å².